The quantitative estimate of drug-likeness (QED) is 0.625. The average molecular weight is 449 g/mol. The third-order valence-electron chi connectivity index (χ3n) is 4.94. The number of morpholine rings is 1. The number of carbonyl (C=O) groups excluding carboxylic acids is 1. The molecule has 166 valence electrons. The maximum absolute atomic E-state index is 13.0. The van der Waals surface area contributed by atoms with Gasteiger partial charge in [-0.15, -0.1) is 10.2 Å². The zero-order chi connectivity index (χ0) is 22.2. The van der Waals surface area contributed by atoms with Crippen molar-refractivity contribution < 1.29 is 22.7 Å². The second kappa shape index (κ2) is 8.36. The zero-order valence-corrected chi connectivity index (χ0v) is 18.3. The standard InChI is InChI=1S/C19H24N6O5S/c1-12(2)11-30-19(26)21-18-20-17-16(22-23-18)14-10-13(4-5-15(14)24(17)3)31(27,28)25-6-8-29-9-7-25/h4-5,10,12H,6-9,11H2,1-3H3,(H,20,21,23,26). The van der Waals surface area contributed by atoms with Crippen LogP contribution in [0.25, 0.3) is 22.1 Å². The molecule has 0 radical (unpaired) electrons. The molecule has 0 aliphatic carbocycles. The van der Waals surface area contributed by atoms with Gasteiger partial charge < -0.3 is 14.0 Å². The fraction of sp³-hybridized carbons (Fsp3) is 0.474. The van der Waals surface area contributed by atoms with Gasteiger partial charge in [-0.3, -0.25) is 5.32 Å². The normalized spacial score (nSPS) is 15.6. The molecule has 1 aliphatic rings. The lowest BCUT2D eigenvalue weighted by atomic mass is 10.2. The van der Waals surface area contributed by atoms with Crippen molar-refractivity contribution in [3.63, 3.8) is 0 Å². The summed E-state index contributed by atoms with van der Waals surface area (Å²) in [6, 6.07) is 4.88. The van der Waals surface area contributed by atoms with E-state index in [4.69, 9.17) is 9.47 Å². The van der Waals surface area contributed by atoms with E-state index in [1.54, 1.807) is 29.8 Å². The summed E-state index contributed by atoms with van der Waals surface area (Å²) in [6.07, 6.45) is -0.660. The summed E-state index contributed by atoms with van der Waals surface area (Å²) < 4.78 is 39.5. The van der Waals surface area contributed by atoms with Crippen LogP contribution in [0.2, 0.25) is 0 Å². The van der Waals surface area contributed by atoms with E-state index in [-0.39, 0.29) is 23.4 Å². The first kappa shape index (κ1) is 21.4. The second-order valence-corrected chi connectivity index (χ2v) is 9.62. The zero-order valence-electron chi connectivity index (χ0n) is 17.5. The number of amides is 1. The lowest BCUT2D eigenvalue weighted by Crippen LogP contribution is -2.40. The Hall–Kier alpha value is -2.83. The van der Waals surface area contributed by atoms with Gasteiger partial charge in [0.2, 0.25) is 10.0 Å². The Bertz CT molecular complexity index is 1230. The van der Waals surface area contributed by atoms with E-state index in [0.29, 0.717) is 42.9 Å². The van der Waals surface area contributed by atoms with Gasteiger partial charge in [-0.05, 0) is 24.1 Å². The Morgan fingerprint density at radius 2 is 2.00 bits per heavy atom. The molecule has 1 saturated heterocycles. The predicted molar refractivity (Wildman–Crippen MR) is 113 cm³/mol. The molecule has 0 unspecified atom stereocenters. The van der Waals surface area contributed by atoms with Gasteiger partial charge in [0.05, 0.1) is 30.2 Å². The molecule has 31 heavy (non-hydrogen) atoms. The number of benzene rings is 1. The lowest BCUT2D eigenvalue weighted by molar-refractivity contribution is 0.0730. The van der Waals surface area contributed by atoms with Gasteiger partial charge in [0.1, 0.15) is 5.52 Å². The van der Waals surface area contributed by atoms with Gasteiger partial charge in [0.15, 0.2) is 5.65 Å². The Morgan fingerprint density at radius 1 is 1.26 bits per heavy atom. The van der Waals surface area contributed by atoms with Crippen molar-refractivity contribution in [3.8, 4) is 0 Å². The summed E-state index contributed by atoms with van der Waals surface area (Å²) in [7, 11) is -1.86. The van der Waals surface area contributed by atoms with Crippen LogP contribution in [0.5, 0.6) is 0 Å². The smallest absolute Gasteiger partial charge is 0.414 e. The van der Waals surface area contributed by atoms with E-state index in [0.717, 1.165) is 5.52 Å². The Morgan fingerprint density at radius 3 is 2.71 bits per heavy atom. The number of aryl methyl sites for hydroxylation is 1. The SMILES string of the molecule is CC(C)COC(=O)Nc1nnc2c3cc(S(=O)(=O)N4CCOCC4)ccc3n(C)c2n1. The molecule has 1 aliphatic heterocycles. The van der Waals surface area contributed by atoms with Crippen LogP contribution in [0.4, 0.5) is 10.7 Å². The molecule has 1 amide bonds. The van der Waals surface area contributed by atoms with Gasteiger partial charge in [0.25, 0.3) is 5.95 Å². The molecule has 0 atom stereocenters. The van der Waals surface area contributed by atoms with Crippen LogP contribution in [0.15, 0.2) is 23.1 Å². The molecular weight excluding hydrogens is 424 g/mol. The van der Waals surface area contributed by atoms with Crippen molar-refractivity contribution >= 4 is 44.1 Å². The first-order valence-electron chi connectivity index (χ1n) is 9.92. The number of rotatable bonds is 5. The van der Waals surface area contributed by atoms with Crippen LogP contribution >= 0.6 is 0 Å². The van der Waals surface area contributed by atoms with Gasteiger partial charge in [0, 0.05) is 25.5 Å². The molecule has 0 spiro atoms. The molecule has 1 fully saturated rings. The number of carbonyl (C=O) groups is 1. The fourth-order valence-corrected chi connectivity index (χ4v) is 4.79. The Kier molecular flexibility index (Phi) is 5.77. The summed E-state index contributed by atoms with van der Waals surface area (Å²) in [4.78, 5) is 16.4. The molecule has 3 heterocycles. The topological polar surface area (TPSA) is 129 Å². The van der Waals surface area contributed by atoms with Crippen LogP contribution in [0.1, 0.15) is 13.8 Å². The highest BCUT2D eigenvalue weighted by Crippen LogP contribution is 2.29. The van der Waals surface area contributed by atoms with Crippen LogP contribution in [0, 0.1) is 5.92 Å². The van der Waals surface area contributed by atoms with E-state index in [1.807, 2.05) is 13.8 Å². The van der Waals surface area contributed by atoms with E-state index in [9.17, 15) is 13.2 Å². The lowest BCUT2D eigenvalue weighted by Gasteiger charge is -2.26. The highest BCUT2D eigenvalue weighted by molar-refractivity contribution is 7.89. The number of hydrogen-bond donors (Lipinski definition) is 1. The number of fused-ring (bicyclic) bond motifs is 3. The molecule has 4 rings (SSSR count). The third-order valence-corrected chi connectivity index (χ3v) is 6.83. The van der Waals surface area contributed by atoms with Gasteiger partial charge in [-0.1, -0.05) is 13.8 Å². The van der Waals surface area contributed by atoms with E-state index >= 15 is 0 Å². The largest absolute Gasteiger partial charge is 0.449 e. The van der Waals surface area contributed by atoms with Crippen molar-refractivity contribution in [1.82, 2.24) is 24.1 Å². The summed E-state index contributed by atoms with van der Waals surface area (Å²) >= 11 is 0. The van der Waals surface area contributed by atoms with Crippen molar-refractivity contribution in [3.05, 3.63) is 18.2 Å². The number of aromatic nitrogens is 4. The molecular formula is C19H24N6O5S. The van der Waals surface area contributed by atoms with E-state index in [1.165, 1.54) is 4.31 Å². The first-order valence-corrected chi connectivity index (χ1v) is 11.4. The molecule has 12 heteroatoms. The summed E-state index contributed by atoms with van der Waals surface area (Å²) in [6.45, 7) is 5.52. The highest BCUT2D eigenvalue weighted by atomic mass is 32.2. The van der Waals surface area contributed by atoms with Crippen LogP contribution < -0.4 is 5.32 Å². The van der Waals surface area contributed by atoms with Crippen molar-refractivity contribution in [1.29, 1.82) is 0 Å². The molecule has 3 aromatic rings. The van der Waals surface area contributed by atoms with Crippen molar-refractivity contribution in [2.24, 2.45) is 13.0 Å². The maximum atomic E-state index is 13.0. The monoisotopic (exact) mass is 448 g/mol. The van der Waals surface area contributed by atoms with E-state index in [2.05, 4.69) is 20.5 Å². The maximum Gasteiger partial charge on any atom is 0.414 e. The van der Waals surface area contributed by atoms with Gasteiger partial charge >= 0.3 is 6.09 Å². The predicted octanol–water partition coefficient (Wildman–Crippen LogP) is 1.74. The number of ether oxygens (including phenoxy) is 2. The average Bonchev–Trinajstić information content (AvgIpc) is 3.04. The Balaban J connectivity index is 1.68. The Labute approximate surface area is 179 Å². The molecule has 2 aromatic heterocycles. The highest BCUT2D eigenvalue weighted by Gasteiger charge is 2.27. The molecule has 1 aromatic carbocycles. The first-order chi connectivity index (χ1) is 14.8. The number of nitrogens with zero attached hydrogens (tertiary/aromatic N) is 5. The minimum absolute atomic E-state index is 0.00771. The van der Waals surface area contributed by atoms with Crippen LogP contribution in [-0.4, -0.2) is 71.5 Å². The summed E-state index contributed by atoms with van der Waals surface area (Å²) in [5.41, 5.74) is 1.65. The van der Waals surface area contributed by atoms with Gasteiger partial charge in [-0.25, -0.2) is 13.2 Å². The summed E-state index contributed by atoms with van der Waals surface area (Å²) in [5.74, 6) is 0.210. The summed E-state index contributed by atoms with van der Waals surface area (Å²) in [5, 5.41) is 11.2. The molecule has 0 bridgehead atoms. The van der Waals surface area contributed by atoms with E-state index < -0.39 is 16.1 Å². The van der Waals surface area contributed by atoms with Crippen LogP contribution in [-0.2, 0) is 26.5 Å². The second-order valence-electron chi connectivity index (χ2n) is 7.68. The minimum Gasteiger partial charge on any atom is -0.449 e. The fourth-order valence-electron chi connectivity index (χ4n) is 3.36. The number of nitrogens with one attached hydrogen (secondary N) is 1. The van der Waals surface area contributed by atoms with Crippen molar-refractivity contribution in [2.45, 2.75) is 18.7 Å². The molecule has 0 saturated carbocycles. The molecule has 1 N–H and O–H groups in total. The number of anilines is 1. The minimum atomic E-state index is -3.65. The van der Waals surface area contributed by atoms with Crippen LogP contribution in [0.3, 0.4) is 0 Å². The third kappa shape index (κ3) is 4.18. The number of hydrogen-bond acceptors (Lipinski definition) is 8. The number of sulfonamides is 1. The van der Waals surface area contributed by atoms with Crippen molar-refractivity contribution in [2.75, 3.05) is 38.2 Å². The van der Waals surface area contributed by atoms with Gasteiger partial charge in [-0.2, -0.15) is 9.29 Å². The molecule has 11 nitrogen and oxygen atoms in total.